The summed E-state index contributed by atoms with van der Waals surface area (Å²) in [6.07, 6.45) is 10.4. The lowest BCUT2D eigenvalue weighted by Gasteiger charge is -2.33. The van der Waals surface area contributed by atoms with Gasteiger partial charge in [-0.25, -0.2) is 14.2 Å². The van der Waals surface area contributed by atoms with Gasteiger partial charge in [0.05, 0.1) is 24.6 Å². The molecule has 5 aromatic rings. The van der Waals surface area contributed by atoms with Gasteiger partial charge >= 0.3 is 16.1 Å². The minimum atomic E-state index is -4.18. The average Bonchev–Trinajstić information content (AvgIpc) is 3.70. The van der Waals surface area contributed by atoms with Crippen molar-refractivity contribution in [1.82, 2.24) is 38.2 Å². The van der Waals surface area contributed by atoms with Gasteiger partial charge in [0, 0.05) is 42.8 Å². The van der Waals surface area contributed by atoms with Crippen LogP contribution in [0.2, 0.25) is 0 Å². The zero-order valence-electron chi connectivity index (χ0n) is 22.8. The number of fused-ring (bicyclic) bond motifs is 2. The van der Waals surface area contributed by atoms with Crippen LogP contribution in [0.4, 0.5) is 9.18 Å². The summed E-state index contributed by atoms with van der Waals surface area (Å²) < 4.78 is 50.2. The van der Waals surface area contributed by atoms with E-state index in [0.717, 1.165) is 22.5 Å². The third kappa shape index (κ3) is 5.03. The molecule has 214 valence electrons. The Kier molecular flexibility index (Phi) is 6.52. The van der Waals surface area contributed by atoms with Gasteiger partial charge in [0.25, 0.3) is 0 Å². The number of aromatic nitrogens is 7. The Morgan fingerprint density at radius 3 is 2.54 bits per heavy atom. The first-order chi connectivity index (χ1) is 19.5. The van der Waals surface area contributed by atoms with Gasteiger partial charge in [0.2, 0.25) is 0 Å². The van der Waals surface area contributed by atoms with E-state index in [1.54, 1.807) is 35.5 Å². The van der Waals surface area contributed by atoms with E-state index in [1.165, 1.54) is 23.0 Å². The minimum Gasteiger partial charge on any atom is -0.444 e. The SMILES string of the molecule is CC(C)(C)OC(=O)N1CCC(n2cc(-c3cnc4cnn(S(=O)(=O)c5cnc6ccc(CF)cn56)c4c3)cn2)CC1. The molecule has 1 aliphatic rings. The maximum Gasteiger partial charge on any atom is 0.410 e. The highest BCUT2D eigenvalue weighted by Gasteiger charge is 2.29. The van der Waals surface area contributed by atoms with Crippen molar-refractivity contribution in [2.24, 2.45) is 0 Å². The number of piperidine rings is 1. The highest BCUT2D eigenvalue weighted by molar-refractivity contribution is 7.90. The van der Waals surface area contributed by atoms with Crippen LogP contribution in [0, 0.1) is 0 Å². The van der Waals surface area contributed by atoms with Crippen LogP contribution < -0.4 is 0 Å². The lowest BCUT2D eigenvalue weighted by atomic mass is 10.1. The molecule has 1 aliphatic heterocycles. The molecule has 12 nitrogen and oxygen atoms in total. The molecular weight excluding hydrogens is 551 g/mol. The second-order valence-electron chi connectivity index (χ2n) is 11.0. The number of nitrogens with zero attached hydrogens (tertiary/aromatic N) is 8. The predicted molar refractivity (Wildman–Crippen MR) is 147 cm³/mol. The van der Waals surface area contributed by atoms with Gasteiger partial charge in [0.1, 0.15) is 29.0 Å². The fourth-order valence-corrected chi connectivity index (χ4v) is 6.26. The first kappa shape index (κ1) is 26.9. The van der Waals surface area contributed by atoms with E-state index < -0.39 is 22.3 Å². The predicted octanol–water partition coefficient (Wildman–Crippen LogP) is 4.22. The van der Waals surface area contributed by atoms with E-state index in [4.69, 9.17) is 4.74 Å². The van der Waals surface area contributed by atoms with E-state index >= 15 is 0 Å². The van der Waals surface area contributed by atoms with E-state index in [2.05, 4.69) is 20.2 Å². The second kappa shape index (κ2) is 9.94. The Labute approximate surface area is 235 Å². The largest absolute Gasteiger partial charge is 0.444 e. The number of carbonyl (C=O) groups excluding carboxylic acids is 1. The van der Waals surface area contributed by atoms with Gasteiger partial charge in [-0.1, -0.05) is 6.07 Å². The normalized spacial score (nSPS) is 15.2. The van der Waals surface area contributed by atoms with Crippen LogP contribution in [0.5, 0.6) is 0 Å². The number of rotatable bonds is 5. The Bertz CT molecular complexity index is 1860. The summed E-state index contributed by atoms with van der Waals surface area (Å²) in [6, 6.07) is 4.93. The van der Waals surface area contributed by atoms with E-state index in [0.29, 0.717) is 35.4 Å². The van der Waals surface area contributed by atoms with Crippen molar-refractivity contribution in [3.8, 4) is 11.1 Å². The molecule has 1 saturated heterocycles. The number of hydrogen-bond acceptors (Lipinski definition) is 8. The maximum atomic E-state index is 13.7. The molecule has 0 spiro atoms. The van der Waals surface area contributed by atoms with Crippen molar-refractivity contribution in [3.63, 3.8) is 0 Å². The molecule has 1 amide bonds. The lowest BCUT2D eigenvalue weighted by Crippen LogP contribution is -2.42. The van der Waals surface area contributed by atoms with Crippen LogP contribution in [0.3, 0.4) is 0 Å². The number of amides is 1. The van der Waals surface area contributed by atoms with Crippen LogP contribution in [-0.4, -0.2) is 71.4 Å². The molecule has 0 aromatic carbocycles. The Hall–Kier alpha value is -4.33. The molecule has 0 aliphatic carbocycles. The molecule has 0 saturated carbocycles. The Morgan fingerprint density at radius 1 is 1.02 bits per heavy atom. The van der Waals surface area contributed by atoms with E-state index in [9.17, 15) is 17.6 Å². The van der Waals surface area contributed by atoms with Crippen molar-refractivity contribution in [2.45, 2.75) is 57.0 Å². The van der Waals surface area contributed by atoms with Gasteiger partial charge in [-0.05, 0) is 51.3 Å². The zero-order chi connectivity index (χ0) is 28.9. The molecule has 0 radical (unpaired) electrons. The van der Waals surface area contributed by atoms with Crippen molar-refractivity contribution in [1.29, 1.82) is 0 Å². The van der Waals surface area contributed by atoms with Crippen molar-refractivity contribution in [2.75, 3.05) is 13.1 Å². The summed E-state index contributed by atoms with van der Waals surface area (Å²) in [7, 11) is -4.18. The maximum absolute atomic E-state index is 13.7. The number of halogens is 1. The fraction of sp³-hybridized carbons (Fsp3) is 0.370. The quantitative estimate of drug-likeness (QED) is 0.302. The number of pyridine rings is 2. The summed E-state index contributed by atoms with van der Waals surface area (Å²) in [5, 5.41) is 8.53. The third-order valence-electron chi connectivity index (χ3n) is 6.99. The summed E-state index contributed by atoms with van der Waals surface area (Å²) in [6.45, 7) is 5.94. The smallest absolute Gasteiger partial charge is 0.410 e. The first-order valence-corrected chi connectivity index (χ1v) is 14.6. The van der Waals surface area contributed by atoms with Crippen molar-refractivity contribution in [3.05, 3.63) is 60.9 Å². The fourth-order valence-electron chi connectivity index (χ4n) is 4.92. The number of likely N-dealkylation sites (tertiary alicyclic amines) is 1. The lowest BCUT2D eigenvalue weighted by molar-refractivity contribution is 0.0184. The van der Waals surface area contributed by atoms with Gasteiger partial charge < -0.3 is 9.64 Å². The van der Waals surface area contributed by atoms with Gasteiger partial charge in [-0.15, -0.1) is 0 Å². The summed E-state index contributed by atoms with van der Waals surface area (Å²) in [5.74, 6) is 0. The van der Waals surface area contributed by atoms with E-state index in [1.807, 2.05) is 31.6 Å². The standard InChI is InChI=1S/C27H29FN8O4S/c1-27(2,3)40-26(37)33-8-6-21(7-9-33)35-17-20(13-31-35)19-10-23-22(29-12-19)14-32-36(23)41(38,39)25-15-30-24-5-4-18(11-28)16-34(24)25/h4-5,10,12-17,21H,6-9,11H2,1-3H3. The molecule has 5 aromatic heterocycles. The number of carbonyl (C=O) groups is 1. The summed E-state index contributed by atoms with van der Waals surface area (Å²) in [4.78, 5) is 22.7. The van der Waals surface area contributed by atoms with Crippen LogP contribution in [0.25, 0.3) is 27.8 Å². The topological polar surface area (TPSA) is 130 Å². The molecule has 0 atom stereocenters. The number of hydrogen-bond donors (Lipinski definition) is 0. The molecule has 14 heteroatoms. The van der Waals surface area contributed by atoms with Crippen molar-refractivity contribution < 1.29 is 22.3 Å². The molecule has 6 rings (SSSR count). The van der Waals surface area contributed by atoms with Gasteiger partial charge in [0.15, 0.2) is 5.03 Å². The number of alkyl halides is 1. The summed E-state index contributed by atoms with van der Waals surface area (Å²) in [5.41, 5.74) is 2.29. The molecule has 0 N–H and O–H groups in total. The number of imidazole rings is 1. The first-order valence-electron chi connectivity index (χ1n) is 13.2. The molecule has 0 bridgehead atoms. The minimum absolute atomic E-state index is 0.106. The highest BCUT2D eigenvalue weighted by Crippen LogP contribution is 2.29. The summed E-state index contributed by atoms with van der Waals surface area (Å²) >= 11 is 0. The molecule has 6 heterocycles. The molecular formula is C27H29FN8O4S. The molecule has 0 unspecified atom stereocenters. The third-order valence-corrected chi connectivity index (χ3v) is 8.57. The van der Waals surface area contributed by atoms with Gasteiger partial charge in [-0.3, -0.25) is 14.1 Å². The van der Waals surface area contributed by atoms with Crippen LogP contribution in [0.1, 0.15) is 45.2 Å². The molecule has 1 fully saturated rings. The van der Waals surface area contributed by atoms with Gasteiger partial charge in [-0.2, -0.15) is 22.7 Å². The van der Waals surface area contributed by atoms with E-state index in [-0.39, 0.29) is 22.7 Å². The van der Waals surface area contributed by atoms with Crippen molar-refractivity contribution >= 4 is 32.8 Å². The van der Waals surface area contributed by atoms with Crippen LogP contribution in [0.15, 0.2) is 60.4 Å². The van der Waals surface area contributed by atoms with Crippen LogP contribution in [-0.2, 0) is 21.4 Å². The Morgan fingerprint density at radius 2 is 1.80 bits per heavy atom. The van der Waals surface area contributed by atoms with Crippen LogP contribution >= 0.6 is 0 Å². The average molecular weight is 581 g/mol. The number of ether oxygens (including phenoxy) is 1. The second-order valence-corrected chi connectivity index (χ2v) is 12.7. The highest BCUT2D eigenvalue weighted by atomic mass is 32.2. The monoisotopic (exact) mass is 580 g/mol. The zero-order valence-corrected chi connectivity index (χ0v) is 23.6. The Balaban J connectivity index is 1.25. The molecule has 41 heavy (non-hydrogen) atoms.